The molecule has 2 N–H and O–H groups in total. The minimum absolute atomic E-state index is 0.0559. The molecular weight excluding hydrogens is 254 g/mol. The summed E-state index contributed by atoms with van der Waals surface area (Å²) in [6.07, 6.45) is 2.57. The minimum atomic E-state index is -0.780. The number of hydrogen-bond acceptors (Lipinski definition) is 2. The number of amides is 1. The molecule has 1 saturated carbocycles. The molecule has 0 heterocycles. The van der Waals surface area contributed by atoms with Crippen LogP contribution in [0.1, 0.15) is 46.5 Å². The van der Waals surface area contributed by atoms with E-state index in [1.165, 1.54) is 0 Å². The van der Waals surface area contributed by atoms with Crippen LogP contribution in [0.25, 0.3) is 0 Å². The molecule has 0 spiro atoms. The minimum Gasteiger partial charge on any atom is -0.481 e. The van der Waals surface area contributed by atoms with Crippen LogP contribution in [0.3, 0.4) is 0 Å². The first kappa shape index (κ1) is 15.3. The van der Waals surface area contributed by atoms with E-state index in [0.717, 1.165) is 12.8 Å². The number of aliphatic carboxylic acids is 1. The second-order valence-corrected chi connectivity index (χ2v) is 6.58. The number of hydrogen-bond donors (Lipinski definition) is 2. The molecule has 1 rings (SSSR count). The van der Waals surface area contributed by atoms with Crippen LogP contribution < -0.4 is 5.32 Å². The zero-order valence-electron chi connectivity index (χ0n) is 11.3. The summed E-state index contributed by atoms with van der Waals surface area (Å²) in [6.45, 7) is 6.07. The molecule has 0 bridgehead atoms. The summed E-state index contributed by atoms with van der Waals surface area (Å²) >= 11 is 5.52. The lowest BCUT2D eigenvalue weighted by Crippen LogP contribution is -2.53. The predicted molar refractivity (Wildman–Crippen MR) is 70.6 cm³/mol. The van der Waals surface area contributed by atoms with Gasteiger partial charge in [0.25, 0.3) is 0 Å². The van der Waals surface area contributed by atoms with E-state index in [2.05, 4.69) is 12.2 Å². The lowest BCUT2D eigenvalue weighted by atomic mass is 9.62. The topological polar surface area (TPSA) is 66.4 Å². The number of carboxylic acid groups (broad SMARTS) is 1. The molecule has 0 aromatic carbocycles. The van der Waals surface area contributed by atoms with Gasteiger partial charge in [-0.05, 0) is 37.5 Å². The van der Waals surface area contributed by atoms with Gasteiger partial charge in [-0.3, -0.25) is 9.59 Å². The van der Waals surface area contributed by atoms with Gasteiger partial charge in [0, 0.05) is 5.54 Å². The van der Waals surface area contributed by atoms with Crippen molar-refractivity contribution >= 4 is 23.5 Å². The molecule has 0 saturated heterocycles. The largest absolute Gasteiger partial charge is 0.481 e. The smallest absolute Gasteiger partial charge is 0.303 e. The maximum Gasteiger partial charge on any atom is 0.303 e. The fraction of sp³-hybridized carbons (Fsp3) is 0.846. The van der Waals surface area contributed by atoms with Crippen molar-refractivity contribution in [2.75, 3.05) is 5.88 Å². The summed E-state index contributed by atoms with van der Waals surface area (Å²) < 4.78 is 0. The Morgan fingerprint density at radius 3 is 2.50 bits per heavy atom. The molecule has 3 unspecified atom stereocenters. The van der Waals surface area contributed by atoms with Crippen LogP contribution >= 0.6 is 11.6 Å². The Balaban J connectivity index is 2.82. The van der Waals surface area contributed by atoms with E-state index >= 15 is 0 Å². The Hall–Kier alpha value is -0.770. The first-order valence-corrected chi connectivity index (χ1v) is 6.80. The molecule has 4 nitrogen and oxygen atoms in total. The van der Waals surface area contributed by atoms with Gasteiger partial charge in [0.15, 0.2) is 0 Å². The third-order valence-electron chi connectivity index (χ3n) is 3.60. The van der Waals surface area contributed by atoms with E-state index in [4.69, 9.17) is 16.7 Å². The van der Waals surface area contributed by atoms with Crippen LogP contribution in [-0.4, -0.2) is 28.4 Å². The van der Waals surface area contributed by atoms with Gasteiger partial charge in [0.05, 0.1) is 6.42 Å². The summed E-state index contributed by atoms with van der Waals surface area (Å²) in [6, 6.07) is 0. The predicted octanol–water partition coefficient (Wildman–Crippen LogP) is 2.40. The monoisotopic (exact) mass is 275 g/mol. The maximum absolute atomic E-state index is 11.5. The van der Waals surface area contributed by atoms with Crippen LogP contribution in [0.5, 0.6) is 0 Å². The molecule has 0 aromatic rings. The van der Waals surface area contributed by atoms with Crippen molar-refractivity contribution in [3.05, 3.63) is 0 Å². The quantitative estimate of drug-likeness (QED) is 0.774. The number of halogens is 1. The Labute approximate surface area is 113 Å². The van der Waals surface area contributed by atoms with Gasteiger partial charge in [-0.1, -0.05) is 13.8 Å². The van der Waals surface area contributed by atoms with E-state index < -0.39 is 5.97 Å². The molecule has 104 valence electrons. The van der Waals surface area contributed by atoms with E-state index in [1.807, 2.05) is 13.8 Å². The van der Waals surface area contributed by atoms with Gasteiger partial charge in [-0.25, -0.2) is 0 Å². The van der Waals surface area contributed by atoms with Crippen molar-refractivity contribution in [2.45, 2.75) is 52.0 Å². The summed E-state index contributed by atoms with van der Waals surface area (Å²) in [5.41, 5.74) is -0.619. The van der Waals surface area contributed by atoms with Crippen LogP contribution in [-0.2, 0) is 9.59 Å². The highest BCUT2D eigenvalue weighted by Crippen LogP contribution is 2.46. The number of carbonyl (C=O) groups is 2. The standard InChI is InChI=1S/C13H22ClNO3/c1-9-4-12(2,6-11(17)18)8-13(3,5-9)15-10(16)7-14/h9H,4-8H2,1-3H3,(H,15,16)(H,17,18). The SMILES string of the molecule is CC1CC(C)(CC(=O)O)CC(C)(NC(=O)CCl)C1. The fourth-order valence-corrected chi connectivity index (χ4v) is 3.80. The van der Waals surface area contributed by atoms with Gasteiger partial charge in [0.2, 0.25) is 5.91 Å². The van der Waals surface area contributed by atoms with Crippen molar-refractivity contribution < 1.29 is 14.7 Å². The lowest BCUT2D eigenvalue weighted by molar-refractivity contribution is -0.140. The Morgan fingerprint density at radius 1 is 1.39 bits per heavy atom. The van der Waals surface area contributed by atoms with Crippen molar-refractivity contribution in [1.29, 1.82) is 0 Å². The Morgan fingerprint density at radius 2 is 2.00 bits per heavy atom. The second kappa shape index (κ2) is 5.47. The summed E-state index contributed by atoms with van der Waals surface area (Å²) in [4.78, 5) is 22.4. The molecule has 1 fully saturated rings. The molecule has 18 heavy (non-hydrogen) atoms. The molecule has 1 aliphatic rings. The molecule has 0 radical (unpaired) electrons. The van der Waals surface area contributed by atoms with Crippen molar-refractivity contribution in [2.24, 2.45) is 11.3 Å². The molecule has 5 heteroatoms. The Kier molecular flexibility index (Phi) is 4.65. The average molecular weight is 276 g/mol. The van der Waals surface area contributed by atoms with Crippen LogP contribution in [0.15, 0.2) is 0 Å². The summed E-state index contributed by atoms with van der Waals surface area (Å²) in [5, 5.41) is 11.9. The summed E-state index contributed by atoms with van der Waals surface area (Å²) in [5.74, 6) is -0.633. The molecule has 1 amide bonds. The zero-order valence-corrected chi connectivity index (χ0v) is 12.0. The first-order valence-electron chi connectivity index (χ1n) is 6.27. The third-order valence-corrected chi connectivity index (χ3v) is 3.84. The van der Waals surface area contributed by atoms with Gasteiger partial charge < -0.3 is 10.4 Å². The number of alkyl halides is 1. The van der Waals surface area contributed by atoms with Crippen LogP contribution in [0.2, 0.25) is 0 Å². The third kappa shape index (κ3) is 4.16. The first-order chi connectivity index (χ1) is 8.18. The molecule has 1 aliphatic carbocycles. The summed E-state index contributed by atoms with van der Waals surface area (Å²) in [7, 11) is 0. The highest BCUT2D eigenvalue weighted by Gasteiger charge is 2.43. The Bertz CT molecular complexity index is 347. The van der Waals surface area contributed by atoms with E-state index in [-0.39, 0.29) is 29.2 Å². The number of carbonyl (C=O) groups excluding carboxylic acids is 1. The average Bonchev–Trinajstić information content (AvgIpc) is 2.11. The van der Waals surface area contributed by atoms with E-state index in [9.17, 15) is 9.59 Å². The zero-order chi connectivity index (χ0) is 14.0. The van der Waals surface area contributed by atoms with Gasteiger partial charge >= 0.3 is 5.97 Å². The highest BCUT2D eigenvalue weighted by atomic mass is 35.5. The number of nitrogens with one attached hydrogen (secondary N) is 1. The molecule has 3 atom stereocenters. The van der Waals surface area contributed by atoms with E-state index in [0.29, 0.717) is 12.3 Å². The maximum atomic E-state index is 11.5. The number of carboxylic acids is 1. The van der Waals surface area contributed by atoms with Crippen LogP contribution in [0, 0.1) is 11.3 Å². The highest BCUT2D eigenvalue weighted by molar-refractivity contribution is 6.27. The fourth-order valence-electron chi connectivity index (χ4n) is 3.73. The molecule has 0 aromatic heterocycles. The van der Waals surface area contributed by atoms with Crippen molar-refractivity contribution in [3.8, 4) is 0 Å². The number of rotatable bonds is 4. The molecular formula is C13H22ClNO3. The molecule has 0 aliphatic heterocycles. The van der Waals surface area contributed by atoms with Crippen molar-refractivity contribution in [3.63, 3.8) is 0 Å². The normalized spacial score (nSPS) is 36.1. The second-order valence-electron chi connectivity index (χ2n) is 6.31. The van der Waals surface area contributed by atoms with Crippen LogP contribution in [0.4, 0.5) is 0 Å². The lowest BCUT2D eigenvalue weighted by Gasteiger charge is -2.47. The van der Waals surface area contributed by atoms with E-state index in [1.54, 1.807) is 0 Å². The van der Waals surface area contributed by atoms with Gasteiger partial charge in [-0.2, -0.15) is 0 Å². The van der Waals surface area contributed by atoms with Gasteiger partial charge in [0.1, 0.15) is 5.88 Å². The van der Waals surface area contributed by atoms with Crippen molar-refractivity contribution in [1.82, 2.24) is 5.32 Å². The van der Waals surface area contributed by atoms with Gasteiger partial charge in [-0.15, -0.1) is 11.6 Å².